The fraction of sp³-hybridized carbons (Fsp3) is 0.476. The fourth-order valence-electron chi connectivity index (χ4n) is 3.66. The number of amides is 2. The lowest BCUT2D eigenvalue weighted by molar-refractivity contribution is -0.124. The zero-order chi connectivity index (χ0) is 26.2. The van der Waals surface area contributed by atoms with Gasteiger partial charge in [-0.25, -0.2) is 27.0 Å². The Labute approximate surface area is 194 Å². The maximum atomic E-state index is 14.2. The summed E-state index contributed by atoms with van der Waals surface area (Å²) in [5.41, 5.74) is -3.93. The summed E-state index contributed by atoms with van der Waals surface area (Å²) in [6.07, 6.45) is -0.820. The molecule has 0 radical (unpaired) electrons. The number of aromatic amines is 1. The number of rotatable bonds is 6. The molecule has 1 fully saturated rings. The molecule has 1 aliphatic heterocycles. The predicted octanol–water partition coefficient (Wildman–Crippen LogP) is 1.23. The minimum Gasteiger partial charge on any atom is -0.444 e. The second-order valence-corrected chi connectivity index (χ2v) is 9.02. The first-order valence-corrected chi connectivity index (χ1v) is 10.5. The third-order valence-electron chi connectivity index (χ3n) is 5.27. The van der Waals surface area contributed by atoms with Gasteiger partial charge in [-0.05, 0) is 33.6 Å². The summed E-state index contributed by atoms with van der Waals surface area (Å²) in [5, 5.41) is 3.97. The Hall–Kier alpha value is -3.71. The van der Waals surface area contributed by atoms with Gasteiger partial charge in [0.1, 0.15) is 12.1 Å². The van der Waals surface area contributed by atoms with E-state index in [2.05, 4.69) is 10.6 Å². The SMILES string of the molecule is CC(C)(C)OC(=O)N[C@@H](C[C@@H]1CCNC1=O)C(=O)Cn1[nH]c(=O)c2c(F)c(F)c(F)c(F)c2c1=O. The van der Waals surface area contributed by atoms with Crippen molar-refractivity contribution in [2.45, 2.75) is 51.8 Å². The number of ether oxygens (including phenoxy) is 1. The molecule has 2 amide bonds. The zero-order valence-electron chi connectivity index (χ0n) is 18.9. The number of alkyl carbamates (subject to hydrolysis) is 1. The van der Waals surface area contributed by atoms with Crippen LogP contribution in [0.5, 0.6) is 0 Å². The van der Waals surface area contributed by atoms with E-state index in [4.69, 9.17) is 4.74 Å². The van der Waals surface area contributed by atoms with Crippen LogP contribution in [0.2, 0.25) is 0 Å². The first-order valence-electron chi connectivity index (χ1n) is 10.5. The Morgan fingerprint density at radius 3 is 2.20 bits per heavy atom. The van der Waals surface area contributed by atoms with Gasteiger partial charge in [0.15, 0.2) is 29.1 Å². The third kappa shape index (κ3) is 5.35. The van der Waals surface area contributed by atoms with E-state index in [0.717, 1.165) is 0 Å². The predicted molar refractivity (Wildman–Crippen MR) is 113 cm³/mol. The van der Waals surface area contributed by atoms with Crippen LogP contribution in [-0.4, -0.2) is 45.8 Å². The summed E-state index contributed by atoms with van der Waals surface area (Å²) >= 11 is 0. The van der Waals surface area contributed by atoms with Crippen molar-refractivity contribution in [3.05, 3.63) is 44.0 Å². The molecule has 1 aliphatic rings. The first-order chi connectivity index (χ1) is 16.2. The van der Waals surface area contributed by atoms with Gasteiger partial charge >= 0.3 is 6.09 Å². The lowest BCUT2D eigenvalue weighted by Crippen LogP contribution is -2.47. The summed E-state index contributed by atoms with van der Waals surface area (Å²) < 4.78 is 60.9. The molecule has 10 nitrogen and oxygen atoms in total. The van der Waals surface area contributed by atoms with E-state index in [1.54, 1.807) is 20.8 Å². The number of nitrogens with one attached hydrogen (secondary N) is 3. The molecule has 1 aromatic heterocycles. The molecule has 1 aromatic carbocycles. The van der Waals surface area contributed by atoms with E-state index in [1.807, 2.05) is 5.10 Å². The number of carbonyl (C=O) groups excluding carboxylic acids is 3. The Balaban J connectivity index is 1.98. The summed E-state index contributed by atoms with van der Waals surface area (Å²) in [6, 6.07) is -1.38. The Morgan fingerprint density at radius 1 is 1.06 bits per heavy atom. The smallest absolute Gasteiger partial charge is 0.408 e. The van der Waals surface area contributed by atoms with Crippen LogP contribution in [0.15, 0.2) is 9.59 Å². The largest absolute Gasteiger partial charge is 0.444 e. The quantitative estimate of drug-likeness (QED) is 0.309. The maximum Gasteiger partial charge on any atom is 0.408 e. The average molecular weight is 502 g/mol. The highest BCUT2D eigenvalue weighted by Crippen LogP contribution is 2.22. The van der Waals surface area contributed by atoms with Crippen molar-refractivity contribution in [2.75, 3.05) is 6.54 Å². The molecule has 14 heteroatoms. The molecule has 2 heterocycles. The van der Waals surface area contributed by atoms with Crippen LogP contribution >= 0.6 is 0 Å². The molecule has 2 aromatic rings. The maximum absolute atomic E-state index is 14.2. The lowest BCUT2D eigenvalue weighted by atomic mass is 9.96. The number of ketones is 1. The minimum absolute atomic E-state index is 0.181. The average Bonchev–Trinajstić information content (AvgIpc) is 3.15. The summed E-state index contributed by atoms with van der Waals surface area (Å²) in [4.78, 5) is 62.1. The van der Waals surface area contributed by atoms with Crippen molar-refractivity contribution in [1.29, 1.82) is 0 Å². The van der Waals surface area contributed by atoms with Crippen LogP contribution in [-0.2, 0) is 20.9 Å². The van der Waals surface area contributed by atoms with Crippen LogP contribution in [0.25, 0.3) is 10.8 Å². The standard InChI is InChI=1S/C21H22F4N4O6/c1-21(2,3)35-20(34)27-9(6-8-4-5-26-17(8)31)10(30)7-29-19(33)12-11(18(32)28-29)13(22)15(24)16(25)14(12)23/h8-9H,4-7H2,1-3H3,(H,26,31)(H,27,34)(H,28,32)/t8-,9-/m0/s1. The van der Waals surface area contributed by atoms with Crippen molar-refractivity contribution in [1.82, 2.24) is 20.4 Å². The number of H-pyrrole nitrogens is 1. The van der Waals surface area contributed by atoms with Gasteiger partial charge in [-0.15, -0.1) is 0 Å². The van der Waals surface area contributed by atoms with Crippen molar-refractivity contribution >= 4 is 28.6 Å². The highest BCUT2D eigenvalue weighted by Gasteiger charge is 2.33. The molecule has 3 rings (SSSR count). The van der Waals surface area contributed by atoms with Crippen molar-refractivity contribution in [3.63, 3.8) is 0 Å². The number of hydrogen-bond donors (Lipinski definition) is 3. The van der Waals surface area contributed by atoms with E-state index in [9.17, 15) is 41.5 Å². The summed E-state index contributed by atoms with van der Waals surface area (Å²) in [5.74, 6) is -10.7. The summed E-state index contributed by atoms with van der Waals surface area (Å²) in [7, 11) is 0. The Bertz CT molecular complexity index is 1330. The molecule has 0 spiro atoms. The van der Waals surface area contributed by atoms with E-state index in [1.165, 1.54) is 0 Å². The van der Waals surface area contributed by atoms with Crippen LogP contribution < -0.4 is 21.8 Å². The fourth-order valence-corrected chi connectivity index (χ4v) is 3.66. The van der Waals surface area contributed by atoms with Crippen molar-refractivity contribution in [2.24, 2.45) is 5.92 Å². The highest BCUT2D eigenvalue weighted by molar-refractivity contribution is 5.89. The van der Waals surface area contributed by atoms with Gasteiger partial charge in [-0.1, -0.05) is 0 Å². The van der Waals surface area contributed by atoms with E-state index in [-0.39, 0.29) is 17.0 Å². The van der Waals surface area contributed by atoms with Gasteiger partial charge in [0, 0.05) is 12.5 Å². The second kappa shape index (κ2) is 9.50. The van der Waals surface area contributed by atoms with Crippen LogP contribution in [0.4, 0.5) is 22.4 Å². The molecule has 0 bridgehead atoms. The molecule has 3 N–H and O–H groups in total. The van der Waals surface area contributed by atoms with Crippen LogP contribution in [0.1, 0.15) is 33.6 Å². The van der Waals surface area contributed by atoms with E-state index in [0.29, 0.717) is 13.0 Å². The second-order valence-electron chi connectivity index (χ2n) is 9.02. The normalized spacial score (nSPS) is 16.8. The number of nitrogens with zero attached hydrogens (tertiary/aromatic N) is 1. The van der Waals surface area contributed by atoms with Crippen molar-refractivity contribution in [3.8, 4) is 0 Å². The molecule has 190 valence electrons. The van der Waals surface area contributed by atoms with Gasteiger partial charge in [0.05, 0.1) is 16.8 Å². The van der Waals surface area contributed by atoms with Crippen LogP contribution in [0, 0.1) is 29.2 Å². The molecule has 1 saturated heterocycles. The first kappa shape index (κ1) is 25.9. The minimum atomic E-state index is -2.30. The number of benzene rings is 1. The monoisotopic (exact) mass is 502 g/mol. The number of Topliss-reactive ketones (excluding diaryl/α,β-unsaturated/α-hetero) is 1. The lowest BCUT2D eigenvalue weighted by Gasteiger charge is -2.24. The summed E-state index contributed by atoms with van der Waals surface area (Å²) in [6.45, 7) is 4.09. The zero-order valence-corrected chi connectivity index (χ0v) is 18.9. The Morgan fingerprint density at radius 2 is 1.66 bits per heavy atom. The van der Waals surface area contributed by atoms with Gasteiger partial charge in [0.2, 0.25) is 5.91 Å². The van der Waals surface area contributed by atoms with E-state index < -0.39 is 81.1 Å². The molecule has 0 unspecified atom stereocenters. The number of aromatic nitrogens is 2. The highest BCUT2D eigenvalue weighted by atomic mass is 19.2. The number of carbonyl (C=O) groups is 3. The molecule has 2 atom stereocenters. The molecule has 0 saturated carbocycles. The van der Waals surface area contributed by atoms with Gasteiger partial charge in [-0.3, -0.25) is 24.3 Å². The van der Waals surface area contributed by atoms with Gasteiger partial charge < -0.3 is 15.4 Å². The number of hydrogen-bond acceptors (Lipinski definition) is 6. The van der Waals surface area contributed by atoms with E-state index >= 15 is 0 Å². The molecular formula is C21H22F4N4O6. The van der Waals surface area contributed by atoms with Gasteiger partial charge in [-0.2, -0.15) is 0 Å². The molecular weight excluding hydrogens is 480 g/mol. The number of fused-ring (bicyclic) bond motifs is 1. The molecule has 0 aliphatic carbocycles. The van der Waals surface area contributed by atoms with Crippen molar-refractivity contribution < 1.29 is 36.7 Å². The Kier molecular flexibility index (Phi) is 7.03. The third-order valence-corrected chi connectivity index (χ3v) is 5.27. The van der Waals surface area contributed by atoms with Crippen LogP contribution in [0.3, 0.4) is 0 Å². The van der Waals surface area contributed by atoms with Gasteiger partial charge in [0.25, 0.3) is 11.1 Å². The number of halogens is 4. The molecule has 35 heavy (non-hydrogen) atoms. The topological polar surface area (TPSA) is 139 Å².